The first kappa shape index (κ1) is 14.7. The van der Waals surface area contributed by atoms with Crippen LogP contribution < -0.4 is 4.90 Å². The molecule has 0 radical (unpaired) electrons. The number of fused-ring (bicyclic) bond motifs is 1. The Morgan fingerprint density at radius 3 is 2.65 bits per heavy atom. The summed E-state index contributed by atoms with van der Waals surface area (Å²) >= 11 is 0. The summed E-state index contributed by atoms with van der Waals surface area (Å²) in [5, 5.41) is 18.9. The molecule has 0 bridgehead atoms. The molecule has 20 heavy (non-hydrogen) atoms. The zero-order valence-electron chi connectivity index (χ0n) is 11.5. The highest BCUT2D eigenvalue weighted by atomic mass is 19.1. The molecule has 0 fully saturated rings. The highest BCUT2D eigenvalue weighted by Crippen LogP contribution is 2.27. The number of nitrogens with zero attached hydrogens (tertiary/aromatic N) is 2. The molecule has 1 aromatic heterocycles. The molecule has 0 amide bonds. The molecule has 4 nitrogen and oxygen atoms in total. The maximum Gasteiger partial charge on any atom is 0.124 e. The molecular formula is C15H19FN2O2. The lowest BCUT2D eigenvalue weighted by Gasteiger charge is -2.25. The van der Waals surface area contributed by atoms with Gasteiger partial charge < -0.3 is 15.1 Å². The van der Waals surface area contributed by atoms with E-state index in [1.807, 2.05) is 17.9 Å². The molecule has 2 aromatic rings. The zero-order valence-corrected chi connectivity index (χ0v) is 11.5. The molecule has 0 unspecified atom stereocenters. The minimum atomic E-state index is -0.310. The molecular weight excluding hydrogens is 259 g/mol. The van der Waals surface area contributed by atoms with Crippen molar-refractivity contribution in [2.24, 2.45) is 0 Å². The number of benzene rings is 1. The van der Waals surface area contributed by atoms with Gasteiger partial charge in [-0.15, -0.1) is 0 Å². The summed E-state index contributed by atoms with van der Waals surface area (Å²) in [6.45, 7) is 3.01. The van der Waals surface area contributed by atoms with Crippen molar-refractivity contribution >= 4 is 16.6 Å². The molecule has 0 aliphatic carbocycles. The topological polar surface area (TPSA) is 56.6 Å². The molecule has 2 N–H and O–H groups in total. The van der Waals surface area contributed by atoms with E-state index in [0.29, 0.717) is 19.5 Å². The van der Waals surface area contributed by atoms with Crippen molar-refractivity contribution < 1.29 is 14.6 Å². The van der Waals surface area contributed by atoms with Crippen LogP contribution in [0.25, 0.3) is 10.9 Å². The van der Waals surface area contributed by atoms with E-state index >= 15 is 0 Å². The molecule has 0 spiro atoms. The van der Waals surface area contributed by atoms with Crippen molar-refractivity contribution in [1.82, 2.24) is 4.98 Å². The van der Waals surface area contributed by atoms with Crippen LogP contribution in [0.15, 0.2) is 24.3 Å². The van der Waals surface area contributed by atoms with Crippen molar-refractivity contribution in [3.63, 3.8) is 0 Å². The number of anilines is 1. The van der Waals surface area contributed by atoms with E-state index in [1.165, 1.54) is 12.1 Å². The van der Waals surface area contributed by atoms with Gasteiger partial charge in [-0.1, -0.05) is 0 Å². The molecule has 0 aliphatic rings. The van der Waals surface area contributed by atoms with Crippen LogP contribution in [0.1, 0.15) is 12.1 Å². The average molecular weight is 278 g/mol. The van der Waals surface area contributed by atoms with Gasteiger partial charge in [0.25, 0.3) is 0 Å². The van der Waals surface area contributed by atoms with Gasteiger partial charge in [-0.05, 0) is 37.6 Å². The van der Waals surface area contributed by atoms with Crippen LogP contribution in [0.3, 0.4) is 0 Å². The van der Waals surface area contributed by atoms with Crippen molar-refractivity contribution in [3.05, 3.63) is 35.8 Å². The Labute approximate surface area is 117 Å². The van der Waals surface area contributed by atoms with Crippen LogP contribution in [0.4, 0.5) is 10.1 Å². The van der Waals surface area contributed by atoms with Gasteiger partial charge in [0.15, 0.2) is 0 Å². The number of halogens is 1. The number of rotatable bonds is 6. The molecule has 5 heteroatoms. The number of aryl methyl sites for hydroxylation is 1. The zero-order chi connectivity index (χ0) is 14.5. The number of aliphatic hydroxyl groups is 2. The van der Waals surface area contributed by atoms with Crippen molar-refractivity contribution in [1.29, 1.82) is 0 Å². The molecule has 1 aromatic carbocycles. The predicted molar refractivity (Wildman–Crippen MR) is 77.4 cm³/mol. The molecule has 2 rings (SSSR count). The van der Waals surface area contributed by atoms with Gasteiger partial charge in [-0.3, -0.25) is 4.98 Å². The largest absolute Gasteiger partial charge is 0.396 e. The number of pyridine rings is 1. The molecule has 1 heterocycles. The van der Waals surface area contributed by atoms with Crippen LogP contribution >= 0.6 is 0 Å². The molecule has 0 aliphatic heterocycles. The van der Waals surface area contributed by atoms with E-state index in [0.717, 1.165) is 22.3 Å². The lowest BCUT2D eigenvalue weighted by Crippen LogP contribution is -2.28. The first-order valence-corrected chi connectivity index (χ1v) is 6.69. The summed E-state index contributed by atoms with van der Waals surface area (Å²) in [7, 11) is 0. The summed E-state index contributed by atoms with van der Waals surface area (Å²) in [6.07, 6.45) is 0.595. The number of hydrogen-bond donors (Lipinski definition) is 2. The van der Waals surface area contributed by atoms with Gasteiger partial charge in [-0.2, -0.15) is 0 Å². The van der Waals surface area contributed by atoms with Crippen LogP contribution in [0, 0.1) is 12.7 Å². The smallest absolute Gasteiger partial charge is 0.124 e. The second-order valence-electron chi connectivity index (χ2n) is 4.73. The number of hydrogen-bond acceptors (Lipinski definition) is 4. The fraction of sp³-hybridized carbons (Fsp3) is 0.400. The van der Waals surface area contributed by atoms with Crippen LogP contribution in [0.5, 0.6) is 0 Å². The second-order valence-corrected chi connectivity index (χ2v) is 4.73. The van der Waals surface area contributed by atoms with Crippen LogP contribution in [-0.4, -0.2) is 41.5 Å². The lowest BCUT2D eigenvalue weighted by atomic mass is 10.1. The van der Waals surface area contributed by atoms with Gasteiger partial charge in [0.2, 0.25) is 0 Å². The lowest BCUT2D eigenvalue weighted by molar-refractivity contribution is 0.281. The summed E-state index contributed by atoms with van der Waals surface area (Å²) in [5.41, 5.74) is 2.41. The van der Waals surface area contributed by atoms with E-state index in [-0.39, 0.29) is 19.0 Å². The Morgan fingerprint density at radius 2 is 1.95 bits per heavy atom. The highest BCUT2D eigenvalue weighted by molar-refractivity contribution is 5.92. The Kier molecular flexibility index (Phi) is 4.87. The maximum absolute atomic E-state index is 13.5. The third-order valence-corrected chi connectivity index (χ3v) is 3.17. The first-order chi connectivity index (χ1) is 9.65. The predicted octanol–water partition coefficient (Wildman–Crippen LogP) is 1.86. The standard InChI is InChI=1S/C15H19FN2O2/c1-11-9-15(18(6-8-20)5-2-7-19)13-10-12(16)3-4-14(13)17-11/h3-4,9-10,19-20H,2,5-8H2,1H3. The molecule has 0 saturated carbocycles. The van der Waals surface area contributed by atoms with Crippen molar-refractivity contribution in [2.75, 3.05) is 31.2 Å². The minimum absolute atomic E-state index is 0.00358. The minimum Gasteiger partial charge on any atom is -0.396 e. The maximum atomic E-state index is 13.5. The quantitative estimate of drug-likeness (QED) is 0.847. The van der Waals surface area contributed by atoms with E-state index < -0.39 is 0 Å². The van der Waals surface area contributed by atoms with Gasteiger partial charge in [0, 0.05) is 36.5 Å². The molecule has 108 valence electrons. The van der Waals surface area contributed by atoms with Crippen molar-refractivity contribution in [3.8, 4) is 0 Å². The summed E-state index contributed by atoms with van der Waals surface area (Å²) in [5.74, 6) is -0.310. The monoisotopic (exact) mass is 278 g/mol. The normalized spacial score (nSPS) is 11.0. The van der Waals surface area contributed by atoms with E-state index in [9.17, 15) is 9.50 Å². The van der Waals surface area contributed by atoms with Crippen LogP contribution in [-0.2, 0) is 0 Å². The van der Waals surface area contributed by atoms with E-state index in [2.05, 4.69) is 4.98 Å². The van der Waals surface area contributed by atoms with E-state index in [1.54, 1.807) is 6.07 Å². The third-order valence-electron chi connectivity index (χ3n) is 3.17. The fourth-order valence-electron chi connectivity index (χ4n) is 2.31. The number of aromatic nitrogens is 1. The molecule has 0 saturated heterocycles. The SMILES string of the molecule is Cc1cc(N(CCO)CCCO)c2cc(F)ccc2n1. The van der Waals surface area contributed by atoms with Gasteiger partial charge in [0.05, 0.1) is 12.1 Å². The second kappa shape index (κ2) is 6.63. The fourth-order valence-corrected chi connectivity index (χ4v) is 2.31. The highest BCUT2D eigenvalue weighted by Gasteiger charge is 2.12. The Bertz CT molecular complexity index is 589. The Hall–Kier alpha value is -1.72. The summed E-state index contributed by atoms with van der Waals surface area (Å²) in [4.78, 5) is 6.35. The third kappa shape index (κ3) is 3.23. The van der Waals surface area contributed by atoms with E-state index in [4.69, 9.17) is 5.11 Å². The number of aliphatic hydroxyl groups excluding tert-OH is 2. The Morgan fingerprint density at radius 1 is 1.15 bits per heavy atom. The summed E-state index contributed by atoms with van der Waals surface area (Å²) in [6, 6.07) is 6.39. The average Bonchev–Trinajstić information content (AvgIpc) is 2.43. The van der Waals surface area contributed by atoms with Gasteiger partial charge >= 0.3 is 0 Å². The van der Waals surface area contributed by atoms with Gasteiger partial charge in [0.1, 0.15) is 5.82 Å². The van der Waals surface area contributed by atoms with Crippen LogP contribution in [0.2, 0.25) is 0 Å². The molecule has 0 atom stereocenters. The summed E-state index contributed by atoms with van der Waals surface area (Å²) < 4.78 is 13.5. The Balaban J connectivity index is 2.50. The van der Waals surface area contributed by atoms with Crippen molar-refractivity contribution in [2.45, 2.75) is 13.3 Å². The van der Waals surface area contributed by atoms with Gasteiger partial charge in [-0.25, -0.2) is 4.39 Å². The first-order valence-electron chi connectivity index (χ1n) is 6.69.